The summed E-state index contributed by atoms with van der Waals surface area (Å²) in [6, 6.07) is 7.13. The molecule has 24 heavy (non-hydrogen) atoms. The van der Waals surface area contributed by atoms with Crippen LogP contribution in [0.4, 0.5) is 5.69 Å². The summed E-state index contributed by atoms with van der Waals surface area (Å²) in [7, 11) is 1.60. The van der Waals surface area contributed by atoms with E-state index in [1.54, 1.807) is 13.2 Å². The third-order valence-corrected chi connectivity index (χ3v) is 4.77. The van der Waals surface area contributed by atoms with E-state index >= 15 is 0 Å². The molecule has 1 aromatic carbocycles. The Morgan fingerprint density at radius 3 is 2.83 bits per heavy atom. The number of amides is 1. The number of rotatable bonds is 6. The molecule has 5 heteroatoms. The zero-order chi connectivity index (χ0) is 16.9. The highest BCUT2D eigenvalue weighted by Crippen LogP contribution is 2.28. The van der Waals surface area contributed by atoms with E-state index < -0.39 is 0 Å². The molecule has 1 aromatic heterocycles. The van der Waals surface area contributed by atoms with E-state index in [9.17, 15) is 9.59 Å². The molecule has 1 aliphatic rings. The molecule has 1 aliphatic carbocycles. The third-order valence-electron chi connectivity index (χ3n) is 4.77. The minimum Gasteiger partial charge on any atom is -0.380 e. The first-order valence-electron chi connectivity index (χ1n) is 8.60. The van der Waals surface area contributed by atoms with Crippen molar-refractivity contribution < 1.29 is 9.53 Å². The topological polar surface area (TPSA) is 71.2 Å². The number of aromatic amines is 1. The first kappa shape index (κ1) is 16.7. The Kier molecular flexibility index (Phi) is 5.30. The lowest BCUT2D eigenvalue weighted by Crippen LogP contribution is -2.13. The summed E-state index contributed by atoms with van der Waals surface area (Å²) in [6.07, 6.45) is 6.64. The second-order valence-corrected chi connectivity index (χ2v) is 6.59. The first-order chi connectivity index (χ1) is 11.7. The second kappa shape index (κ2) is 7.62. The van der Waals surface area contributed by atoms with Crippen LogP contribution in [-0.4, -0.2) is 18.0 Å². The van der Waals surface area contributed by atoms with Gasteiger partial charge in [0.05, 0.1) is 12.1 Å². The SMILES string of the molecule is COCc1cc(=O)[nH]c2cc(NC(=O)CCC3CCCC3)ccc12. The van der Waals surface area contributed by atoms with Gasteiger partial charge in [-0.05, 0) is 30.0 Å². The van der Waals surface area contributed by atoms with Crippen molar-refractivity contribution in [2.45, 2.75) is 45.1 Å². The van der Waals surface area contributed by atoms with Gasteiger partial charge in [-0.25, -0.2) is 0 Å². The highest BCUT2D eigenvalue weighted by molar-refractivity contribution is 5.94. The molecule has 0 saturated heterocycles. The fraction of sp³-hybridized carbons (Fsp3) is 0.474. The van der Waals surface area contributed by atoms with Crippen molar-refractivity contribution in [2.75, 3.05) is 12.4 Å². The summed E-state index contributed by atoms with van der Waals surface area (Å²) in [5.74, 6) is 0.747. The molecule has 3 rings (SSSR count). The minimum absolute atomic E-state index is 0.0386. The molecular formula is C19H24N2O3. The molecule has 0 unspecified atom stereocenters. The molecule has 1 fully saturated rings. The molecule has 0 aliphatic heterocycles. The largest absolute Gasteiger partial charge is 0.380 e. The lowest BCUT2D eigenvalue weighted by atomic mass is 10.0. The molecule has 0 radical (unpaired) electrons. The number of carbonyl (C=O) groups is 1. The maximum atomic E-state index is 12.1. The Balaban J connectivity index is 1.70. The van der Waals surface area contributed by atoms with Crippen LogP contribution in [0.5, 0.6) is 0 Å². The van der Waals surface area contributed by atoms with Gasteiger partial charge in [0.25, 0.3) is 0 Å². The zero-order valence-electron chi connectivity index (χ0n) is 14.1. The van der Waals surface area contributed by atoms with Crippen LogP contribution in [0, 0.1) is 5.92 Å². The summed E-state index contributed by atoms with van der Waals surface area (Å²) in [4.78, 5) is 26.7. The summed E-state index contributed by atoms with van der Waals surface area (Å²) in [5.41, 5.74) is 2.10. The molecule has 1 saturated carbocycles. The van der Waals surface area contributed by atoms with Gasteiger partial charge in [0.15, 0.2) is 0 Å². The standard InChI is InChI=1S/C19H24N2O3/c1-24-12-14-10-19(23)21-17-11-15(7-8-16(14)17)20-18(22)9-6-13-4-2-3-5-13/h7-8,10-11,13H,2-6,9,12H2,1H3,(H,20,22)(H,21,23). The average Bonchev–Trinajstić information content (AvgIpc) is 3.06. The molecule has 0 atom stereocenters. The van der Waals surface area contributed by atoms with E-state index in [1.807, 2.05) is 18.2 Å². The fourth-order valence-corrected chi connectivity index (χ4v) is 3.54. The number of nitrogens with one attached hydrogen (secondary N) is 2. The summed E-state index contributed by atoms with van der Waals surface area (Å²) in [5, 5.41) is 3.87. The number of carbonyl (C=O) groups excluding carboxylic acids is 1. The van der Waals surface area contributed by atoms with Crippen molar-refractivity contribution in [3.05, 3.63) is 40.2 Å². The van der Waals surface area contributed by atoms with Crippen LogP contribution in [-0.2, 0) is 16.1 Å². The van der Waals surface area contributed by atoms with Gasteiger partial charge in [-0.1, -0.05) is 31.7 Å². The Morgan fingerprint density at radius 2 is 2.08 bits per heavy atom. The van der Waals surface area contributed by atoms with Crippen LogP contribution in [0.25, 0.3) is 10.9 Å². The number of hydrogen-bond donors (Lipinski definition) is 2. The fourth-order valence-electron chi connectivity index (χ4n) is 3.54. The normalized spacial score (nSPS) is 15.0. The first-order valence-corrected chi connectivity index (χ1v) is 8.60. The monoisotopic (exact) mass is 328 g/mol. The highest BCUT2D eigenvalue weighted by Gasteiger charge is 2.16. The number of anilines is 1. The Labute approximate surface area is 141 Å². The van der Waals surface area contributed by atoms with Gasteiger partial charge >= 0.3 is 0 Å². The number of aromatic nitrogens is 1. The van der Waals surface area contributed by atoms with E-state index in [1.165, 1.54) is 25.7 Å². The minimum atomic E-state index is -0.167. The Bertz CT molecular complexity index is 776. The number of hydrogen-bond acceptors (Lipinski definition) is 3. The molecular weight excluding hydrogens is 304 g/mol. The molecule has 1 heterocycles. The van der Waals surface area contributed by atoms with Crippen molar-refractivity contribution in [2.24, 2.45) is 5.92 Å². The number of methoxy groups -OCH3 is 1. The van der Waals surface area contributed by atoms with Gasteiger partial charge in [0.2, 0.25) is 11.5 Å². The van der Waals surface area contributed by atoms with Gasteiger partial charge in [-0.3, -0.25) is 9.59 Å². The lowest BCUT2D eigenvalue weighted by Gasteiger charge is -2.11. The summed E-state index contributed by atoms with van der Waals surface area (Å²) < 4.78 is 5.14. The lowest BCUT2D eigenvalue weighted by molar-refractivity contribution is -0.116. The van der Waals surface area contributed by atoms with Crippen LogP contribution in [0.3, 0.4) is 0 Å². The number of fused-ring (bicyclic) bond motifs is 1. The highest BCUT2D eigenvalue weighted by atomic mass is 16.5. The third kappa shape index (κ3) is 4.03. The van der Waals surface area contributed by atoms with E-state index in [-0.39, 0.29) is 11.5 Å². The van der Waals surface area contributed by atoms with Gasteiger partial charge in [-0.2, -0.15) is 0 Å². The van der Waals surface area contributed by atoms with Crippen molar-refractivity contribution in [1.82, 2.24) is 4.98 Å². The second-order valence-electron chi connectivity index (χ2n) is 6.59. The molecule has 5 nitrogen and oxygen atoms in total. The van der Waals surface area contributed by atoms with Crippen LogP contribution in [0.15, 0.2) is 29.1 Å². The summed E-state index contributed by atoms with van der Waals surface area (Å²) >= 11 is 0. The zero-order valence-corrected chi connectivity index (χ0v) is 14.1. The Morgan fingerprint density at radius 1 is 1.29 bits per heavy atom. The van der Waals surface area contributed by atoms with E-state index in [0.717, 1.165) is 17.4 Å². The molecule has 1 amide bonds. The van der Waals surface area contributed by atoms with Crippen LogP contribution < -0.4 is 10.9 Å². The molecule has 2 aromatic rings. The average molecular weight is 328 g/mol. The number of pyridine rings is 1. The predicted octanol–water partition coefficient (Wildman–Crippen LogP) is 3.58. The van der Waals surface area contributed by atoms with Crippen molar-refractivity contribution >= 4 is 22.5 Å². The van der Waals surface area contributed by atoms with Crippen molar-refractivity contribution in [3.63, 3.8) is 0 Å². The smallest absolute Gasteiger partial charge is 0.248 e. The number of benzene rings is 1. The molecule has 128 valence electrons. The van der Waals surface area contributed by atoms with Crippen LogP contribution >= 0.6 is 0 Å². The number of ether oxygens (including phenoxy) is 1. The predicted molar refractivity (Wildman–Crippen MR) is 95.1 cm³/mol. The van der Waals surface area contributed by atoms with E-state index in [2.05, 4.69) is 10.3 Å². The maximum absolute atomic E-state index is 12.1. The molecule has 0 spiro atoms. The summed E-state index contributed by atoms with van der Waals surface area (Å²) in [6.45, 7) is 0.382. The van der Waals surface area contributed by atoms with Crippen LogP contribution in [0.2, 0.25) is 0 Å². The van der Waals surface area contributed by atoms with E-state index in [4.69, 9.17) is 4.74 Å². The Hall–Kier alpha value is -2.14. The van der Waals surface area contributed by atoms with Gasteiger partial charge in [0.1, 0.15) is 0 Å². The van der Waals surface area contributed by atoms with E-state index in [0.29, 0.717) is 30.1 Å². The van der Waals surface area contributed by atoms with Crippen LogP contribution in [0.1, 0.15) is 44.1 Å². The molecule has 2 N–H and O–H groups in total. The maximum Gasteiger partial charge on any atom is 0.248 e. The molecule has 0 bridgehead atoms. The van der Waals surface area contributed by atoms with Gasteiger partial charge < -0.3 is 15.0 Å². The quantitative estimate of drug-likeness (QED) is 0.851. The van der Waals surface area contributed by atoms with Gasteiger partial charge in [-0.15, -0.1) is 0 Å². The van der Waals surface area contributed by atoms with Crippen molar-refractivity contribution in [3.8, 4) is 0 Å². The number of H-pyrrole nitrogens is 1. The van der Waals surface area contributed by atoms with Gasteiger partial charge in [0, 0.05) is 30.7 Å². The van der Waals surface area contributed by atoms with Crippen molar-refractivity contribution in [1.29, 1.82) is 0 Å².